The van der Waals surface area contributed by atoms with E-state index >= 15 is 0 Å². The van der Waals surface area contributed by atoms with Crippen LogP contribution >= 0.6 is 0 Å². The minimum Gasteiger partial charge on any atom is -0.504 e. The van der Waals surface area contributed by atoms with Crippen molar-refractivity contribution >= 4 is 6.08 Å². The molecule has 1 aromatic rings. The fourth-order valence-corrected chi connectivity index (χ4v) is 0.893. The quantitative estimate of drug-likeness (QED) is 0.737. The normalized spacial score (nSPS) is 11.0. The zero-order chi connectivity index (χ0) is 9.84. The molecule has 4 heteroatoms. The number of rotatable bonds is 2. The lowest BCUT2D eigenvalue weighted by atomic mass is 10.1. The lowest BCUT2D eigenvalue weighted by molar-refractivity contribution is 0.343. The second kappa shape index (κ2) is 4.00. The van der Waals surface area contributed by atoms with Gasteiger partial charge in [-0.25, -0.2) is 8.78 Å². The molecule has 0 atom stereocenters. The fourth-order valence-electron chi connectivity index (χ4n) is 0.893. The number of aliphatic hydroxyl groups excluding tert-OH is 1. The molecule has 0 aromatic heterocycles. The summed E-state index contributed by atoms with van der Waals surface area (Å²) in [6.45, 7) is -0.252. The molecule has 0 saturated heterocycles. The third-order valence-corrected chi connectivity index (χ3v) is 1.46. The lowest BCUT2D eigenvalue weighted by Gasteiger charge is -2.00. The molecular weight excluding hydrogens is 178 g/mol. The second-order valence-electron chi connectivity index (χ2n) is 2.41. The Morgan fingerprint density at radius 1 is 1.31 bits per heavy atom. The maximum atomic E-state index is 12.7. The van der Waals surface area contributed by atoms with Crippen molar-refractivity contribution in [2.45, 2.75) is 0 Å². The van der Waals surface area contributed by atoms with Gasteiger partial charge in [-0.05, 0) is 6.07 Å². The van der Waals surface area contributed by atoms with Crippen LogP contribution in [0.5, 0.6) is 5.75 Å². The van der Waals surface area contributed by atoms with Crippen LogP contribution in [0.25, 0.3) is 6.08 Å². The van der Waals surface area contributed by atoms with E-state index in [1.807, 2.05) is 0 Å². The largest absolute Gasteiger partial charge is 0.504 e. The molecule has 0 spiro atoms. The van der Waals surface area contributed by atoms with E-state index in [1.165, 1.54) is 12.2 Å². The van der Waals surface area contributed by atoms with Gasteiger partial charge in [-0.2, -0.15) is 0 Å². The summed E-state index contributed by atoms with van der Waals surface area (Å²) >= 11 is 0. The van der Waals surface area contributed by atoms with Crippen LogP contribution < -0.4 is 0 Å². The minimum absolute atomic E-state index is 0.00606. The third-order valence-electron chi connectivity index (χ3n) is 1.46. The van der Waals surface area contributed by atoms with Gasteiger partial charge in [0.1, 0.15) is 5.82 Å². The van der Waals surface area contributed by atoms with Gasteiger partial charge in [0, 0.05) is 11.6 Å². The molecule has 0 heterocycles. The molecule has 1 rings (SSSR count). The van der Waals surface area contributed by atoms with Crippen LogP contribution in [0.15, 0.2) is 18.2 Å². The molecule has 2 nitrogen and oxygen atoms in total. The van der Waals surface area contributed by atoms with Gasteiger partial charge in [-0.3, -0.25) is 0 Å². The van der Waals surface area contributed by atoms with E-state index in [9.17, 15) is 8.78 Å². The van der Waals surface area contributed by atoms with Gasteiger partial charge in [0.15, 0.2) is 11.6 Å². The summed E-state index contributed by atoms with van der Waals surface area (Å²) in [7, 11) is 0. The Hall–Kier alpha value is -1.42. The van der Waals surface area contributed by atoms with Gasteiger partial charge < -0.3 is 10.2 Å². The van der Waals surface area contributed by atoms with Gasteiger partial charge in [-0.15, -0.1) is 0 Å². The van der Waals surface area contributed by atoms with E-state index in [0.29, 0.717) is 6.07 Å². The molecule has 0 unspecified atom stereocenters. The Bertz CT molecular complexity index is 335. The van der Waals surface area contributed by atoms with Gasteiger partial charge in [0.2, 0.25) is 0 Å². The highest BCUT2D eigenvalue weighted by molar-refractivity contribution is 5.57. The monoisotopic (exact) mass is 186 g/mol. The number of halogens is 2. The van der Waals surface area contributed by atoms with Crippen LogP contribution in [0.3, 0.4) is 0 Å². The molecule has 0 saturated carbocycles. The van der Waals surface area contributed by atoms with E-state index in [2.05, 4.69) is 0 Å². The predicted molar refractivity (Wildman–Crippen MR) is 44.1 cm³/mol. The molecular formula is C9H8F2O2. The van der Waals surface area contributed by atoms with E-state index in [1.54, 1.807) is 0 Å². The number of benzene rings is 1. The van der Waals surface area contributed by atoms with Crippen LogP contribution in [0.2, 0.25) is 0 Å². The number of phenolic OH excluding ortho intramolecular Hbond substituents is 1. The molecule has 0 radical (unpaired) electrons. The topological polar surface area (TPSA) is 40.5 Å². The maximum Gasteiger partial charge on any atom is 0.168 e. The summed E-state index contributed by atoms with van der Waals surface area (Å²) in [6, 6.07) is 1.57. The summed E-state index contributed by atoms with van der Waals surface area (Å²) in [5.74, 6) is -2.41. The first-order chi connectivity index (χ1) is 6.15. The number of hydrogen-bond donors (Lipinski definition) is 2. The second-order valence-corrected chi connectivity index (χ2v) is 2.41. The van der Waals surface area contributed by atoms with E-state index in [4.69, 9.17) is 10.2 Å². The molecule has 0 amide bonds. The average molecular weight is 186 g/mol. The Balaban J connectivity index is 3.12. The highest BCUT2D eigenvalue weighted by Gasteiger charge is 2.06. The van der Waals surface area contributed by atoms with Crippen molar-refractivity contribution in [2.75, 3.05) is 6.61 Å². The maximum absolute atomic E-state index is 12.7. The van der Waals surface area contributed by atoms with Gasteiger partial charge in [-0.1, -0.05) is 12.2 Å². The van der Waals surface area contributed by atoms with E-state index < -0.39 is 17.4 Å². The van der Waals surface area contributed by atoms with Crippen molar-refractivity contribution in [3.63, 3.8) is 0 Å². The molecule has 0 aliphatic rings. The summed E-state index contributed by atoms with van der Waals surface area (Å²) in [4.78, 5) is 0. The standard InChI is InChI=1S/C9H8F2O2/c10-7-4-6(2-1-3-12)9(13)8(11)5-7/h1-2,4-5,12-13H,3H2. The number of aromatic hydroxyl groups is 1. The van der Waals surface area contributed by atoms with Crippen LogP contribution in [0, 0.1) is 11.6 Å². The van der Waals surface area contributed by atoms with Gasteiger partial charge >= 0.3 is 0 Å². The number of aliphatic hydroxyl groups is 1. The van der Waals surface area contributed by atoms with Crippen LogP contribution in [0.1, 0.15) is 5.56 Å². The first-order valence-corrected chi connectivity index (χ1v) is 3.60. The SMILES string of the molecule is OCC=Cc1cc(F)cc(F)c1O. The smallest absolute Gasteiger partial charge is 0.168 e. The van der Waals surface area contributed by atoms with Crippen LogP contribution in [-0.2, 0) is 0 Å². The average Bonchev–Trinajstić information content (AvgIpc) is 2.09. The lowest BCUT2D eigenvalue weighted by Crippen LogP contribution is -1.85. The predicted octanol–water partition coefficient (Wildman–Crippen LogP) is 1.68. The first kappa shape index (κ1) is 9.67. The Morgan fingerprint density at radius 2 is 2.00 bits per heavy atom. The van der Waals surface area contributed by atoms with E-state index in [-0.39, 0.29) is 12.2 Å². The van der Waals surface area contributed by atoms with Crippen LogP contribution in [-0.4, -0.2) is 16.8 Å². The van der Waals surface area contributed by atoms with Crippen LogP contribution in [0.4, 0.5) is 8.78 Å². The third kappa shape index (κ3) is 2.26. The Morgan fingerprint density at radius 3 is 2.62 bits per heavy atom. The van der Waals surface area contributed by atoms with Gasteiger partial charge in [0.25, 0.3) is 0 Å². The van der Waals surface area contributed by atoms with Crippen molar-refractivity contribution in [1.29, 1.82) is 0 Å². The fraction of sp³-hybridized carbons (Fsp3) is 0.111. The van der Waals surface area contributed by atoms with Crippen molar-refractivity contribution in [3.05, 3.63) is 35.4 Å². The Kier molecular flexibility index (Phi) is 2.97. The number of phenols is 1. The highest BCUT2D eigenvalue weighted by atomic mass is 19.1. The van der Waals surface area contributed by atoms with E-state index in [0.717, 1.165) is 6.07 Å². The highest BCUT2D eigenvalue weighted by Crippen LogP contribution is 2.23. The van der Waals surface area contributed by atoms with Crippen molar-refractivity contribution < 1.29 is 19.0 Å². The van der Waals surface area contributed by atoms with Crippen molar-refractivity contribution in [2.24, 2.45) is 0 Å². The first-order valence-electron chi connectivity index (χ1n) is 3.60. The molecule has 13 heavy (non-hydrogen) atoms. The molecule has 0 aliphatic heterocycles. The zero-order valence-electron chi connectivity index (χ0n) is 6.67. The van der Waals surface area contributed by atoms with Crippen molar-refractivity contribution in [3.8, 4) is 5.75 Å². The van der Waals surface area contributed by atoms with Crippen molar-refractivity contribution in [1.82, 2.24) is 0 Å². The van der Waals surface area contributed by atoms with Gasteiger partial charge in [0.05, 0.1) is 6.61 Å². The molecule has 0 aliphatic carbocycles. The zero-order valence-corrected chi connectivity index (χ0v) is 6.67. The summed E-state index contributed by atoms with van der Waals surface area (Å²) in [6.07, 6.45) is 2.51. The summed E-state index contributed by atoms with van der Waals surface area (Å²) in [5.41, 5.74) is 0.00606. The summed E-state index contributed by atoms with van der Waals surface area (Å²) < 4.78 is 25.3. The molecule has 1 aromatic carbocycles. The molecule has 0 bridgehead atoms. The molecule has 70 valence electrons. The Labute approximate surface area is 73.8 Å². The molecule has 2 N–H and O–H groups in total. The minimum atomic E-state index is -1.02. The molecule has 0 fully saturated rings. The summed E-state index contributed by atoms with van der Waals surface area (Å²) in [5, 5.41) is 17.5. The number of hydrogen-bond acceptors (Lipinski definition) is 2.